The first kappa shape index (κ1) is 22.9. The number of nitrogens with zero attached hydrogens (tertiary/aromatic N) is 2. The number of alkyl halides is 3. The fourth-order valence-electron chi connectivity index (χ4n) is 3.30. The van der Waals surface area contributed by atoms with Gasteiger partial charge in [0.2, 0.25) is 5.91 Å². The Balaban J connectivity index is 1.95. The summed E-state index contributed by atoms with van der Waals surface area (Å²) in [5.41, 5.74) is -1.05. The Morgan fingerprint density at radius 2 is 1.97 bits per heavy atom. The molecule has 0 saturated carbocycles. The van der Waals surface area contributed by atoms with Gasteiger partial charge in [0, 0.05) is 23.8 Å². The highest BCUT2D eigenvalue weighted by molar-refractivity contribution is 8.16. The van der Waals surface area contributed by atoms with Gasteiger partial charge in [0.25, 0.3) is 0 Å². The van der Waals surface area contributed by atoms with E-state index in [1.165, 1.54) is 11.0 Å². The fourth-order valence-corrected chi connectivity index (χ4v) is 7.46. The highest BCUT2D eigenvalue weighted by Gasteiger charge is 2.49. The van der Waals surface area contributed by atoms with Crippen molar-refractivity contribution in [3.63, 3.8) is 0 Å². The minimum absolute atomic E-state index is 0.0286. The molecule has 30 heavy (non-hydrogen) atoms. The fraction of sp³-hybridized carbons (Fsp3) is 0.471. The van der Waals surface area contributed by atoms with Crippen molar-refractivity contribution in [2.45, 2.75) is 36.7 Å². The number of hydrogen-bond acceptors (Lipinski definition) is 5. The molecule has 0 unspecified atom stereocenters. The van der Waals surface area contributed by atoms with E-state index in [4.69, 9.17) is 16.7 Å². The maximum atomic E-state index is 13.3. The number of carbonyl (C=O) groups excluding carboxylic acids is 1. The predicted octanol–water partition coefficient (Wildman–Crippen LogP) is 3.22. The number of fused-ring (bicyclic) bond motifs is 1. The van der Waals surface area contributed by atoms with Crippen LogP contribution in [0.4, 0.5) is 18.9 Å². The van der Waals surface area contributed by atoms with Gasteiger partial charge in [-0.1, -0.05) is 23.4 Å². The van der Waals surface area contributed by atoms with Gasteiger partial charge in [-0.2, -0.15) is 18.2 Å². The predicted molar refractivity (Wildman–Crippen MR) is 107 cm³/mol. The van der Waals surface area contributed by atoms with Crippen LogP contribution in [0.1, 0.15) is 24.8 Å². The maximum Gasteiger partial charge on any atom is 0.417 e. The lowest BCUT2D eigenvalue weighted by atomic mass is 10.1. The molecule has 7 nitrogen and oxygen atoms in total. The number of carboxylic acid groups (broad SMARTS) is 1. The molecule has 2 fully saturated rings. The molecule has 164 valence electrons. The molecule has 2 aliphatic heterocycles. The van der Waals surface area contributed by atoms with Crippen molar-refractivity contribution in [2.24, 2.45) is 4.99 Å². The summed E-state index contributed by atoms with van der Waals surface area (Å²) >= 11 is 6.69. The zero-order valence-corrected chi connectivity index (χ0v) is 17.6. The molecular weight excluding hydrogens is 469 g/mol. The first-order valence-corrected chi connectivity index (χ1v) is 11.8. The molecule has 2 heterocycles. The van der Waals surface area contributed by atoms with Crippen molar-refractivity contribution < 1.29 is 36.3 Å². The molecule has 2 atom stereocenters. The quantitative estimate of drug-likeness (QED) is 0.684. The van der Waals surface area contributed by atoms with Crippen molar-refractivity contribution in [3.05, 3.63) is 28.8 Å². The average molecular weight is 485 g/mol. The van der Waals surface area contributed by atoms with Gasteiger partial charge >= 0.3 is 12.1 Å². The second kappa shape index (κ2) is 8.39. The van der Waals surface area contributed by atoms with E-state index < -0.39 is 49.8 Å². The lowest BCUT2D eigenvalue weighted by molar-refractivity contribution is -0.138. The van der Waals surface area contributed by atoms with Crippen LogP contribution in [0.5, 0.6) is 0 Å². The van der Waals surface area contributed by atoms with Crippen LogP contribution in [-0.4, -0.2) is 53.4 Å². The number of amides is 1. The highest BCUT2D eigenvalue weighted by Crippen LogP contribution is 2.43. The summed E-state index contributed by atoms with van der Waals surface area (Å²) in [5, 5.41) is 7.76. The molecule has 13 heteroatoms. The lowest BCUT2D eigenvalue weighted by Crippen LogP contribution is -2.37. The Morgan fingerprint density at radius 3 is 2.60 bits per heavy atom. The molecule has 0 spiro atoms. The third-order valence-corrected chi connectivity index (χ3v) is 8.14. The van der Waals surface area contributed by atoms with Crippen LogP contribution in [0, 0.1) is 0 Å². The smallest absolute Gasteiger partial charge is 0.417 e. The van der Waals surface area contributed by atoms with Gasteiger partial charge in [0.1, 0.15) is 0 Å². The van der Waals surface area contributed by atoms with Crippen molar-refractivity contribution in [3.8, 4) is 0 Å². The van der Waals surface area contributed by atoms with Gasteiger partial charge < -0.3 is 10.0 Å². The highest BCUT2D eigenvalue weighted by atomic mass is 35.5. The van der Waals surface area contributed by atoms with Gasteiger partial charge in [0.05, 0.1) is 28.1 Å². The van der Waals surface area contributed by atoms with E-state index in [0.717, 1.165) is 23.9 Å². The molecule has 1 amide bonds. The molecule has 3 rings (SSSR count). The van der Waals surface area contributed by atoms with Crippen LogP contribution in [-0.2, 0) is 25.6 Å². The number of aliphatic imine (C=N–C) groups is 1. The molecule has 0 bridgehead atoms. The number of carboxylic acids is 1. The second-order valence-electron chi connectivity index (χ2n) is 6.87. The number of halogens is 4. The van der Waals surface area contributed by atoms with Gasteiger partial charge in [-0.05, 0) is 24.6 Å². The monoisotopic (exact) mass is 484 g/mol. The van der Waals surface area contributed by atoms with Gasteiger partial charge in [-0.25, -0.2) is 8.42 Å². The number of sulfone groups is 1. The number of rotatable bonds is 5. The van der Waals surface area contributed by atoms with E-state index >= 15 is 0 Å². The van der Waals surface area contributed by atoms with Gasteiger partial charge in [-0.15, -0.1) is 0 Å². The summed E-state index contributed by atoms with van der Waals surface area (Å²) in [5.74, 6) is -2.14. The first-order valence-electron chi connectivity index (χ1n) is 8.74. The number of amidine groups is 1. The van der Waals surface area contributed by atoms with Crippen LogP contribution >= 0.6 is 23.4 Å². The van der Waals surface area contributed by atoms with Crippen molar-refractivity contribution in [1.29, 1.82) is 0 Å². The van der Waals surface area contributed by atoms with Gasteiger partial charge in [-0.3, -0.25) is 9.59 Å². The molecule has 1 N–H and O–H groups in total. The minimum atomic E-state index is -4.72. The number of hydrogen-bond donors (Lipinski definition) is 1. The number of anilines is 1. The normalized spacial score (nSPS) is 24.3. The average Bonchev–Trinajstić information content (AvgIpc) is 3.05. The Bertz CT molecular complexity index is 1010. The van der Waals surface area contributed by atoms with Crippen molar-refractivity contribution in [1.82, 2.24) is 0 Å². The topological polar surface area (TPSA) is 104 Å². The van der Waals surface area contributed by atoms with Gasteiger partial charge in [0.15, 0.2) is 15.0 Å². The molecule has 0 radical (unpaired) electrons. The number of carbonyl (C=O) groups is 2. The van der Waals surface area contributed by atoms with E-state index in [1.54, 1.807) is 0 Å². The van der Waals surface area contributed by atoms with Crippen LogP contribution < -0.4 is 4.90 Å². The van der Waals surface area contributed by atoms with E-state index in [2.05, 4.69) is 4.99 Å². The van der Waals surface area contributed by atoms with E-state index in [0.29, 0.717) is 0 Å². The molecule has 1 aromatic rings. The summed E-state index contributed by atoms with van der Waals surface area (Å²) in [6, 6.07) is 2.51. The minimum Gasteiger partial charge on any atom is -0.481 e. The molecule has 0 aromatic heterocycles. The number of aliphatic carboxylic acids is 1. The summed E-state index contributed by atoms with van der Waals surface area (Å²) in [6.45, 7) is 0. The molecule has 0 aliphatic carbocycles. The number of thioether (sulfide) groups is 1. The van der Waals surface area contributed by atoms with Crippen molar-refractivity contribution >= 4 is 55.9 Å². The van der Waals surface area contributed by atoms with Crippen LogP contribution in [0.2, 0.25) is 5.02 Å². The summed E-state index contributed by atoms with van der Waals surface area (Å²) in [7, 11) is -3.38. The first-order chi connectivity index (χ1) is 13.9. The zero-order valence-electron chi connectivity index (χ0n) is 15.2. The molecule has 2 saturated heterocycles. The lowest BCUT2D eigenvalue weighted by Gasteiger charge is -2.25. The third kappa shape index (κ3) is 5.09. The van der Waals surface area contributed by atoms with Crippen LogP contribution in [0.15, 0.2) is 23.2 Å². The Kier molecular flexibility index (Phi) is 6.40. The summed E-state index contributed by atoms with van der Waals surface area (Å²) < 4.78 is 63.9. The largest absolute Gasteiger partial charge is 0.481 e. The second-order valence-corrected chi connectivity index (χ2v) is 10.6. The Labute approximate surface area is 179 Å². The molecular formula is C17H16ClF3N2O5S2. The standard InChI is InChI=1S/C17H16ClF3N2O5S2/c18-11-5-4-9(6-10(11)17(19,20)21)23-12-7-30(27,28)8-13(12)29-16(23)22-14(24)2-1-3-15(25)26/h4-6,12-13H,1-3,7-8H2,(H,25,26)/t12-,13+/m1/s1. The maximum absolute atomic E-state index is 13.3. The Hall–Kier alpha value is -1.79. The van der Waals surface area contributed by atoms with Crippen LogP contribution in [0.25, 0.3) is 0 Å². The van der Waals surface area contributed by atoms with E-state index in [1.807, 2.05) is 0 Å². The summed E-state index contributed by atoms with van der Waals surface area (Å²) in [6.07, 6.45) is -5.02. The van der Waals surface area contributed by atoms with Crippen LogP contribution in [0.3, 0.4) is 0 Å². The molecule has 1 aromatic carbocycles. The third-order valence-electron chi connectivity index (χ3n) is 4.60. The van der Waals surface area contributed by atoms with Crippen molar-refractivity contribution in [2.75, 3.05) is 16.4 Å². The van der Waals surface area contributed by atoms with E-state index in [-0.39, 0.29) is 41.6 Å². The summed E-state index contributed by atoms with van der Waals surface area (Å²) in [4.78, 5) is 28.0. The SMILES string of the molecule is O=C(O)CCCC(=O)N=C1S[C@H]2CS(=O)(=O)C[C@H]2N1c1ccc(Cl)c(C(F)(F)F)c1. The zero-order chi connectivity index (χ0) is 22.3. The molecule has 2 aliphatic rings. The number of benzene rings is 1. The van der Waals surface area contributed by atoms with E-state index in [9.17, 15) is 31.2 Å². The Morgan fingerprint density at radius 1 is 1.27 bits per heavy atom.